The van der Waals surface area contributed by atoms with Crippen LogP contribution in [0.3, 0.4) is 0 Å². The Hall–Kier alpha value is -0.870. The van der Waals surface area contributed by atoms with E-state index in [1.54, 1.807) is 20.3 Å². The molecular formula is C11H13BrO3. The van der Waals surface area contributed by atoms with E-state index in [0.717, 1.165) is 22.7 Å². The van der Waals surface area contributed by atoms with Crippen molar-refractivity contribution in [3.63, 3.8) is 0 Å². The number of hydrogen-bond donors (Lipinski definition) is 0. The number of ether oxygens (including phenoxy) is 2. The molecule has 0 heterocycles. The molecule has 0 aromatic heterocycles. The molecular weight excluding hydrogens is 260 g/mol. The summed E-state index contributed by atoms with van der Waals surface area (Å²) in [6.07, 6.45) is 1.56. The summed E-state index contributed by atoms with van der Waals surface area (Å²) < 4.78 is 11.0. The van der Waals surface area contributed by atoms with Gasteiger partial charge in [0.25, 0.3) is 0 Å². The van der Waals surface area contributed by atoms with Crippen molar-refractivity contribution in [2.24, 2.45) is 0 Å². The van der Waals surface area contributed by atoms with Gasteiger partial charge in [0.05, 0.1) is 19.3 Å². The normalized spacial score (nSPS) is 10.1. The molecule has 0 fully saturated rings. The van der Waals surface area contributed by atoms with Crippen LogP contribution in [0.4, 0.5) is 0 Å². The highest BCUT2D eigenvalue weighted by atomic mass is 79.9. The van der Waals surface area contributed by atoms with Crippen LogP contribution in [0.5, 0.6) is 5.75 Å². The molecule has 1 rings (SSSR count). The minimum absolute atomic E-state index is 0.562. The number of halogens is 1. The van der Waals surface area contributed by atoms with Crippen LogP contribution in [0.1, 0.15) is 15.9 Å². The third-order valence-electron chi connectivity index (χ3n) is 2.10. The van der Waals surface area contributed by atoms with Gasteiger partial charge in [-0.2, -0.15) is 0 Å². The minimum Gasteiger partial charge on any atom is -0.496 e. The second-order valence-electron chi connectivity index (χ2n) is 3.05. The van der Waals surface area contributed by atoms with Gasteiger partial charge in [-0.05, 0) is 24.1 Å². The van der Waals surface area contributed by atoms with E-state index in [0.29, 0.717) is 17.9 Å². The average Bonchev–Trinajstić information content (AvgIpc) is 2.27. The first kappa shape index (κ1) is 12.2. The Morgan fingerprint density at radius 1 is 1.40 bits per heavy atom. The molecule has 1 aromatic rings. The molecule has 0 radical (unpaired) electrons. The Bertz CT molecular complexity index is 350. The van der Waals surface area contributed by atoms with Crippen molar-refractivity contribution in [2.75, 3.05) is 20.8 Å². The lowest BCUT2D eigenvalue weighted by Crippen LogP contribution is -1.99. The highest BCUT2D eigenvalue weighted by molar-refractivity contribution is 9.10. The van der Waals surface area contributed by atoms with E-state index in [4.69, 9.17) is 9.47 Å². The second-order valence-corrected chi connectivity index (χ2v) is 3.90. The summed E-state index contributed by atoms with van der Waals surface area (Å²) in [7, 11) is 3.20. The number of aldehydes is 1. The van der Waals surface area contributed by atoms with Crippen LogP contribution < -0.4 is 4.74 Å². The predicted octanol–water partition coefficient (Wildman–Crippen LogP) is 2.46. The Labute approximate surface area is 97.5 Å². The van der Waals surface area contributed by atoms with Crippen LogP contribution >= 0.6 is 15.9 Å². The lowest BCUT2D eigenvalue weighted by atomic mass is 10.1. The maximum Gasteiger partial charge on any atom is 0.153 e. The Morgan fingerprint density at radius 2 is 2.13 bits per heavy atom. The Kier molecular flexibility index (Phi) is 4.78. The summed E-state index contributed by atoms with van der Waals surface area (Å²) in [5.41, 5.74) is 1.60. The average molecular weight is 273 g/mol. The molecule has 0 spiro atoms. The van der Waals surface area contributed by atoms with Gasteiger partial charge in [0.2, 0.25) is 0 Å². The van der Waals surface area contributed by atoms with Gasteiger partial charge in [0.15, 0.2) is 6.29 Å². The first-order valence-electron chi connectivity index (χ1n) is 4.53. The Morgan fingerprint density at radius 3 is 2.67 bits per heavy atom. The van der Waals surface area contributed by atoms with Crippen LogP contribution in [-0.4, -0.2) is 27.1 Å². The largest absolute Gasteiger partial charge is 0.496 e. The number of benzene rings is 1. The molecule has 82 valence electrons. The molecule has 15 heavy (non-hydrogen) atoms. The summed E-state index contributed by atoms with van der Waals surface area (Å²) in [6.45, 7) is 0.628. The van der Waals surface area contributed by atoms with Crippen LogP contribution in [0.2, 0.25) is 0 Å². The lowest BCUT2D eigenvalue weighted by molar-refractivity contribution is 0.112. The van der Waals surface area contributed by atoms with E-state index >= 15 is 0 Å². The van der Waals surface area contributed by atoms with Gasteiger partial charge in [-0.3, -0.25) is 4.79 Å². The Balaban J connectivity index is 3.02. The highest BCUT2D eigenvalue weighted by Gasteiger charge is 2.07. The lowest BCUT2D eigenvalue weighted by Gasteiger charge is -2.09. The van der Waals surface area contributed by atoms with Crippen molar-refractivity contribution < 1.29 is 14.3 Å². The maximum absolute atomic E-state index is 10.8. The zero-order chi connectivity index (χ0) is 11.3. The monoisotopic (exact) mass is 272 g/mol. The summed E-state index contributed by atoms with van der Waals surface area (Å²) >= 11 is 3.43. The quantitative estimate of drug-likeness (QED) is 0.773. The summed E-state index contributed by atoms with van der Waals surface area (Å²) in [5.74, 6) is 0.582. The standard InChI is InChI=1S/C11H13BrO3/c1-14-4-3-8-5-9(7-13)11(15-2)6-10(8)12/h5-7H,3-4H2,1-2H3. The number of carbonyl (C=O) groups is 1. The number of rotatable bonds is 5. The van der Waals surface area contributed by atoms with Crippen molar-refractivity contribution in [2.45, 2.75) is 6.42 Å². The van der Waals surface area contributed by atoms with Crippen molar-refractivity contribution in [3.8, 4) is 5.75 Å². The van der Waals surface area contributed by atoms with Gasteiger partial charge in [0.1, 0.15) is 5.75 Å². The van der Waals surface area contributed by atoms with Gasteiger partial charge < -0.3 is 9.47 Å². The first-order valence-corrected chi connectivity index (χ1v) is 5.32. The molecule has 1 aromatic carbocycles. The number of hydrogen-bond acceptors (Lipinski definition) is 3. The fourth-order valence-corrected chi connectivity index (χ4v) is 1.81. The van der Waals surface area contributed by atoms with Gasteiger partial charge in [-0.1, -0.05) is 15.9 Å². The molecule has 0 unspecified atom stereocenters. The zero-order valence-electron chi connectivity index (χ0n) is 8.75. The number of methoxy groups -OCH3 is 2. The minimum atomic E-state index is 0.562. The smallest absolute Gasteiger partial charge is 0.153 e. The molecule has 0 N–H and O–H groups in total. The van der Waals surface area contributed by atoms with E-state index in [2.05, 4.69) is 15.9 Å². The molecule has 0 amide bonds. The van der Waals surface area contributed by atoms with Crippen molar-refractivity contribution in [1.29, 1.82) is 0 Å². The van der Waals surface area contributed by atoms with Gasteiger partial charge in [-0.25, -0.2) is 0 Å². The fourth-order valence-electron chi connectivity index (χ4n) is 1.29. The first-order chi connectivity index (χ1) is 7.22. The molecule has 4 heteroatoms. The number of carbonyl (C=O) groups excluding carboxylic acids is 1. The van der Waals surface area contributed by atoms with Gasteiger partial charge in [0, 0.05) is 11.6 Å². The second kappa shape index (κ2) is 5.88. The molecule has 0 aliphatic heterocycles. The third-order valence-corrected chi connectivity index (χ3v) is 2.84. The molecule has 0 saturated carbocycles. The predicted molar refractivity (Wildman–Crippen MR) is 61.7 cm³/mol. The van der Waals surface area contributed by atoms with Crippen LogP contribution in [0, 0.1) is 0 Å². The molecule has 0 saturated heterocycles. The van der Waals surface area contributed by atoms with Crippen LogP contribution in [-0.2, 0) is 11.2 Å². The SMILES string of the molecule is COCCc1cc(C=O)c(OC)cc1Br. The van der Waals surface area contributed by atoms with Gasteiger partial charge >= 0.3 is 0 Å². The summed E-state index contributed by atoms with van der Waals surface area (Å²) in [6, 6.07) is 3.61. The molecule has 0 aliphatic carbocycles. The van der Waals surface area contributed by atoms with E-state index in [-0.39, 0.29) is 0 Å². The van der Waals surface area contributed by atoms with Crippen molar-refractivity contribution >= 4 is 22.2 Å². The van der Waals surface area contributed by atoms with E-state index in [9.17, 15) is 4.79 Å². The molecule has 0 atom stereocenters. The fraction of sp³-hybridized carbons (Fsp3) is 0.364. The molecule has 0 aliphatic rings. The van der Waals surface area contributed by atoms with E-state index in [1.165, 1.54) is 0 Å². The topological polar surface area (TPSA) is 35.5 Å². The third kappa shape index (κ3) is 3.04. The highest BCUT2D eigenvalue weighted by Crippen LogP contribution is 2.26. The van der Waals surface area contributed by atoms with E-state index < -0.39 is 0 Å². The summed E-state index contributed by atoms with van der Waals surface area (Å²) in [5, 5.41) is 0. The molecule has 3 nitrogen and oxygen atoms in total. The zero-order valence-corrected chi connectivity index (χ0v) is 10.3. The van der Waals surface area contributed by atoms with Crippen LogP contribution in [0.25, 0.3) is 0 Å². The van der Waals surface area contributed by atoms with E-state index in [1.807, 2.05) is 6.07 Å². The van der Waals surface area contributed by atoms with Crippen molar-refractivity contribution in [3.05, 3.63) is 27.7 Å². The molecule has 0 bridgehead atoms. The maximum atomic E-state index is 10.8. The summed E-state index contributed by atoms with van der Waals surface area (Å²) in [4.78, 5) is 10.8. The van der Waals surface area contributed by atoms with Crippen LogP contribution in [0.15, 0.2) is 16.6 Å². The van der Waals surface area contributed by atoms with Gasteiger partial charge in [-0.15, -0.1) is 0 Å². The van der Waals surface area contributed by atoms with Crippen molar-refractivity contribution in [1.82, 2.24) is 0 Å².